The summed E-state index contributed by atoms with van der Waals surface area (Å²) in [6, 6.07) is 13.0. The predicted octanol–water partition coefficient (Wildman–Crippen LogP) is 3.01. The Morgan fingerprint density at radius 2 is 1.77 bits per heavy atom. The fourth-order valence-electron chi connectivity index (χ4n) is 2.79. The van der Waals surface area contributed by atoms with Crippen molar-refractivity contribution in [3.05, 3.63) is 64.2 Å². The lowest BCUT2D eigenvalue weighted by molar-refractivity contribution is -0.139. The summed E-state index contributed by atoms with van der Waals surface area (Å²) < 4.78 is 22.9. The number of aliphatic carboxylic acids is 1. The van der Waals surface area contributed by atoms with Crippen molar-refractivity contribution in [3.63, 3.8) is 0 Å². The molecule has 0 aliphatic rings. The number of hydrogen-bond acceptors (Lipinski definition) is 6. The van der Waals surface area contributed by atoms with Crippen molar-refractivity contribution in [2.45, 2.75) is 31.1 Å². The van der Waals surface area contributed by atoms with Crippen molar-refractivity contribution < 1.29 is 23.4 Å². The van der Waals surface area contributed by atoms with E-state index >= 15 is 0 Å². The maximum atomic E-state index is 11.9. The van der Waals surface area contributed by atoms with Crippen LogP contribution in [0.2, 0.25) is 0 Å². The van der Waals surface area contributed by atoms with Gasteiger partial charge in [-0.2, -0.15) is 0 Å². The number of carboxylic acids is 1. The Bertz CT molecular complexity index is 1250. The number of nitrogens with zero attached hydrogens (tertiary/aromatic N) is 1. The molecule has 30 heavy (non-hydrogen) atoms. The summed E-state index contributed by atoms with van der Waals surface area (Å²) in [7, 11) is -3.76. The van der Waals surface area contributed by atoms with Crippen molar-refractivity contribution in [1.82, 2.24) is 4.98 Å². The van der Waals surface area contributed by atoms with Gasteiger partial charge < -0.3 is 10.2 Å². The first kappa shape index (κ1) is 22.0. The number of fused-ring (bicyclic) bond motifs is 1. The third kappa shape index (κ3) is 4.70. The third-order valence-electron chi connectivity index (χ3n) is 5.01. The van der Waals surface area contributed by atoms with Gasteiger partial charge in [-0.3, -0.25) is 4.79 Å². The van der Waals surface area contributed by atoms with Gasteiger partial charge in [-0.25, -0.2) is 13.4 Å². The van der Waals surface area contributed by atoms with Gasteiger partial charge in [0.15, 0.2) is 14.6 Å². The summed E-state index contributed by atoms with van der Waals surface area (Å²) >= 11 is 1.41. The van der Waals surface area contributed by atoms with E-state index in [1.54, 1.807) is 0 Å². The molecule has 0 aliphatic carbocycles. The zero-order valence-electron chi connectivity index (χ0n) is 16.5. The number of aliphatic hydroxyl groups excluding tert-OH is 1. The zero-order chi connectivity index (χ0) is 21.9. The Balaban J connectivity index is 1.79. The number of sulfone groups is 1. The summed E-state index contributed by atoms with van der Waals surface area (Å²) in [4.78, 5) is 16.0. The van der Waals surface area contributed by atoms with Gasteiger partial charge in [0.25, 0.3) is 0 Å². The molecule has 0 saturated heterocycles. The van der Waals surface area contributed by atoms with Gasteiger partial charge in [0.2, 0.25) is 0 Å². The van der Waals surface area contributed by atoms with Crippen LogP contribution >= 0.6 is 11.3 Å². The van der Waals surface area contributed by atoms with Gasteiger partial charge in [-0.05, 0) is 49.2 Å². The average molecular weight is 444 g/mol. The van der Waals surface area contributed by atoms with E-state index in [0.717, 1.165) is 33.2 Å². The molecular weight excluding hydrogens is 422 g/mol. The summed E-state index contributed by atoms with van der Waals surface area (Å²) in [5.41, 5.74) is 3.25. The maximum Gasteiger partial charge on any atom is 0.324 e. The highest BCUT2D eigenvalue weighted by atomic mass is 32.2. The topological polar surface area (TPSA) is 105 Å². The Morgan fingerprint density at radius 3 is 2.37 bits per heavy atom. The fraction of sp³-hybridized carbons (Fsp3) is 0.273. The van der Waals surface area contributed by atoms with E-state index in [-0.39, 0.29) is 19.4 Å². The Kier molecular flexibility index (Phi) is 6.27. The minimum absolute atomic E-state index is 0.00606. The van der Waals surface area contributed by atoms with Crippen molar-refractivity contribution in [3.8, 4) is 11.8 Å². The molecule has 3 rings (SSSR count). The number of thiazole rings is 1. The summed E-state index contributed by atoms with van der Waals surface area (Å²) in [5.74, 6) is 4.83. The first-order valence-corrected chi connectivity index (χ1v) is 11.9. The monoisotopic (exact) mass is 443 g/mol. The Morgan fingerprint density at radius 1 is 1.13 bits per heavy atom. The van der Waals surface area contributed by atoms with E-state index in [2.05, 4.69) is 16.8 Å². The molecule has 0 fully saturated rings. The van der Waals surface area contributed by atoms with E-state index in [4.69, 9.17) is 5.11 Å². The summed E-state index contributed by atoms with van der Waals surface area (Å²) in [6.07, 6.45) is 1.16. The van der Waals surface area contributed by atoms with Gasteiger partial charge in [0.1, 0.15) is 0 Å². The van der Waals surface area contributed by atoms with Crippen LogP contribution in [0.25, 0.3) is 10.2 Å². The van der Waals surface area contributed by atoms with Crippen LogP contribution in [0.4, 0.5) is 0 Å². The second-order valence-electron chi connectivity index (χ2n) is 7.20. The van der Waals surface area contributed by atoms with Crippen LogP contribution in [-0.4, -0.2) is 40.6 Å². The minimum Gasteiger partial charge on any atom is -0.480 e. The average Bonchev–Trinajstić information content (AvgIpc) is 3.12. The molecule has 0 saturated carbocycles. The van der Waals surface area contributed by atoms with E-state index in [1.807, 2.05) is 42.5 Å². The highest BCUT2D eigenvalue weighted by Gasteiger charge is 2.43. The fourth-order valence-corrected chi connectivity index (χ4v) is 4.59. The molecule has 156 valence electrons. The lowest BCUT2D eigenvalue weighted by Crippen LogP contribution is -2.43. The molecule has 3 aromatic rings. The Hall–Kier alpha value is -2.73. The highest BCUT2D eigenvalue weighted by Crippen LogP contribution is 2.28. The van der Waals surface area contributed by atoms with Crippen LogP contribution < -0.4 is 0 Å². The highest BCUT2D eigenvalue weighted by molar-refractivity contribution is 7.92. The molecule has 1 aromatic heterocycles. The lowest BCUT2D eigenvalue weighted by atomic mass is 10.1. The number of rotatable bonds is 6. The van der Waals surface area contributed by atoms with E-state index in [0.29, 0.717) is 5.01 Å². The normalized spacial score (nSPS) is 13.4. The maximum absolute atomic E-state index is 11.9. The number of aromatic nitrogens is 1. The second-order valence-corrected chi connectivity index (χ2v) is 10.8. The summed E-state index contributed by atoms with van der Waals surface area (Å²) in [6.45, 7) is 1.23. The number of carbonyl (C=O) groups is 1. The number of benzene rings is 2. The number of aliphatic hydroxyl groups is 1. The molecule has 6 nitrogen and oxygen atoms in total. The van der Waals surface area contributed by atoms with E-state index in [9.17, 15) is 18.3 Å². The lowest BCUT2D eigenvalue weighted by Gasteiger charge is -2.21. The summed E-state index contributed by atoms with van der Waals surface area (Å²) in [5, 5.41) is 19.2. The minimum atomic E-state index is -3.76. The molecule has 0 amide bonds. The smallest absolute Gasteiger partial charge is 0.324 e. The largest absolute Gasteiger partial charge is 0.480 e. The number of carboxylic acid groups (broad SMARTS) is 1. The molecular formula is C22H21NO5S2. The zero-order valence-corrected chi connectivity index (χ0v) is 18.2. The molecule has 2 aromatic carbocycles. The predicted molar refractivity (Wildman–Crippen MR) is 117 cm³/mol. The Labute approximate surface area is 179 Å². The van der Waals surface area contributed by atoms with Crippen molar-refractivity contribution in [2.75, 3.05) is 6.26 Å². The van der Waals surface area contributed by atoms with Crippen molar-refractivity contribution in [1.29, 1.82) is 0 Å². The first-order valence-electron chi connectivity index (χ1n) is 9.17. The molecule has 2 N–H and O–H groups in total. The molecule has 0 radical (unpaired) electrons. The van der Waals surface area contributed by atoms with Crippen molar-refractivity contribution >= 4 is 37.4 Å². The number of aryl methyl sites for hydroxylation is 1. The quantitative estimate of drug-likeness (QED) is 0.568. The van der Waals surface area contributed by atoms with Gasteiger partial charge in [-0.1, -0.05) is 24.0 Å². The van der Waals surface area contributed by atoms with Crippen LogP contribution in [0.1, 0.15) is 35.0 Å². The van der Waals surface area contributed by atoms with Crippen LogP contribution in [0.15, 0.2) is 42.5 Å². The molecule has 0 bridgehead atoms. The molecule has 1 heterocycles. The van der Waals surface area contributed by atoms with Crippen LogP contribution in [-0.2, 0) is 27.7 Å². The SMILES string of the molecule is CC(CCc1nc2ccc(C#Cc3ccc(CO)cc3)cc2s1)(C(=O)O)S(C)(=O)=O. The molecule has 1 unspecified atom stereocenters. The van der Waals surface area contributed by atoms with E-state index < -0.39 is 20.6 Å². The first-order chi connectivity index (χ1) is 14.1. The molecule has 1 atom stereocenters. The van der Waals surface area contributed by atoms with E-state index in [1.165, 1.54) is 18.3 Å². The number of hydrogen-bond donors (Lipinski definition) is 2. The molecule has 8 heteroatoms. The van der Waals surface area contributed by atoms with Gasteiger partial charge in [-0.15, -0.1) is 11.3 Å². The van der Waals surface area contributed by atoms with Crippen molar-refractivity contribution in [2.24, 2.45) is 0 Å². The van der Waals surface area contributed by atoms with Crippen LogP contribution in [0.5, 0.6) is 0 Å². The second kappa shape index (κ2) is 8.56. The molecule has 0 aliphatic heterocycles. The van der Waals surface area contributed by atoms with Crippen LogP contribution in [0, 0.1) is 11.8 Å². The van der Waals surface area contributed by atoms with Gasteiger partial charge >= 0.3 is 5.97 Å². The van der Waals surface area contributed by atoms with Crippen LogP contribution in [0.3, 0.4) is 0 Å². The van der Waals surface area contributed by atoms with Gasteiger partial charge in [0, 0.05) is 23.8 Å². The van der Waals surface area contributed by atoms with Gasteiger partial charge in [0.05, 0.1) is 21.8 Å². The standard InChI is InChI=1S/C22H21NO5S2/c1-22(21(25)26,30(2,27)28)12-11-20-23-18-10-9-16(13-19(18)29-20)6-3-15-4-7-17(14-24)8-5-15/h4-5,7-10,13,24H,11-12,14H2,1-2H3,(H,25,26). The molecule has 0 spiro atoms. The third-order valence-corrected chi connectivity index (χ3v) is 8.10.